The Morgan fingerprint density at radius 2 is 1.71 bits per heavy atom. The molecule has 0 amide bonds. The summed E-state index contributed by atoms with van der Waals surface area (Å²) in [5.74, 6) is 0.0674. The number of nitrogens with zero attached hydrogens (tertiary/aromatic N) is 1. The third kappa shape index (κ3) is 2.93. The molecule has 1 aromatic heterocycles. The standard InChI is InChI=1S/C13H20BNO5S/c1-12(2)13(3,4)20-14(19-12)9-7-10(21(6,16)17)11(18-5)15-8-9/h7-8H,1-6H3. The van der Waals surface area contributed by atoms with Gasteiger partial charge < -0.3 is 14.0 Å². The van der Waals surface area contributed by atoms with Gasteiger partial charge in [-0.15, -0.1) is 0 Å². The molecule has 8 heteroatoms. The molecule has 1 aliphatic rings. The van der Waals surface area contributed by atoms with E-state index in [0.717, 1.165) is 6.26 Å². The summed E-state index contributed by atoms with van der Waals surface area (Å²) in [4.78, 5) is 4.07. The highest BCUT2D eigenvalue weighted by molar-refractivity contribution is 7.90. The summed E-state index contributed by atoms with van der Waals surface area (Å²) in [6.45, 7) is 7.73. The van der Waals surface area contributed by atoms with Crippen molar-refractivity contribution >= 4 is 22.4 Å². The molecule has 2 heterocycles. The summed E-state index contributed by atoms with van der Waals surface area (Å²) < 4.78 is 40.5. The lowest BCUT2D eigenvalue weighted by atomic mass is 9.80. The zero-order chi connectivity index (χ0) is 16.1. The van der Waals surface area contributed by atoms with Crippen LogP contribution in [0.1, 0.15) is 27.7 Å². The average molecular weight is 313 g/mol. The van der Waals surface area contributed by atoms with Crippen molar-refractivity contribution in [1.82, 2.24) is 4.98 Å². The van der Waals surface area contributed by atoms with E-state index in [1.54, 1.807) is 0 Å². The van der Waals surface area contributed by atoms with Crippen molar-refractivity contribution in [2.24, 2.45) is 0 Å². The van der Waals surface area contributed by atoms with Gasteiger partial charge in [-0.25, -0.2) is 13.4 Å². The van der Waals surface area contributed by atoms with Crippen LogP contribution in [0.2, 0.25) is 0 Å². The highest BCUT2D eigenvalue weighted by Gasteiger charge is 2.52. The third-order valence-corrected chi connectivity index (χ3v) is 5.05. The van der Waals surface area contributed by atoms with Crippen LogP contribution in [0.4, 0.5) is 0 Å². The molecule has 0 spiro atoms. The van der Waals surface area contributed by atoms with Gasteiger partial charge in [-0.2, -0.15) is 0 Å². The minimum absolute atomic E-state index is 0.0252. The van der Waals surface area contributed by atoms with Crippen LogP contribution in [-0.4, -0.2) is 45.1 Å². The third-order valence-electron chi connectivity index (χ3n) is 3.96. The van der Waals surface area contributed by atoms with Gasteiger partial charge in [-0.05, 0) is 33.8 Å². The molecule has 1 fully saturated rings. The Morgan fingerprint density at radius 1 is 1.19 bits per heavy atom. The van der Waals surface area contributed by atoms with Crippen molar-refractivity contribution < 1.29 is 22.5 Å². The maximum atomic E-state index is 11.8. The Bertz CT molecular complexity index is 641. The van der Waals surface area contributed by atoms with E-state index in [-0.39, 0.29) is 10.8 Å². The van der Waals surface area contributed by atoms with Gasteiger partial charge in [0.1, 0.15) is 4.90 Å². The SMILES string of the molecule is COc1ncc(B2OC(C)(C)C(C)(C)O2)cc1S(C)(=O)=O. The van der Waals surface area contributed by atoms with Gasteiger partial charge in [0.05, 0.1) is 18.3 Å². The second-order valence-corrected chi connectivity index (χ2v) is 8.12. The van der Waals surface area contributed by atoms with Gasteiger partial charge in [-0.3, -0.25) is 0 Å². The summed E-state index contributed by atoms with van der Waals surface area (Å²) in [6, 6.07) is 1.49. The number of methoxy groups -OCH3 is 1. The smallest absolute Gasteiger partial charge is 0.480 e. The van der Waals surface area contributed by atoms with Crippen molar-refractivity contribution in [3.05, 3.63) is 12.3 Å². The van der Waals surface area contributed by atoms with E-state index in [0.29, 0.717) is 5.46 Å². The fourth-order valence-electron chi connectivity index (χ4n) is 1.97. The Morgan fingerprint density at radius 3 is 2.14 bits per heavy atom. The maximum Gasteiger partial charge on any atom is 0.496 e. The number of aromatic nitrogens is 1. The molecule has 116 valence electrons. The fraction of sp³-hybridized carbons (Fsp3) is 0.615. The minimum atomic E-state index is -3.45. The van der Waals surface area contributed by atoms with Gasteiger partial charge in [0.25, 0.3) is 0 Å². The first kappa shape index (κ1) is 16.3. The van der Waals surface area contributed by atoms with Crippen molar-refractivity contribution in [2.45, 2.75) is 43.8 Å². The first-order chi connectivity index (χ1) is 9.48. The maximum absolute atomic E-state index is 11.8. The lowest BCUT2D eigenvalue weighted by molar-refractivity contribution is 0.00578. The minimum Gasteiger partial charge on any atom is -0.480 e. The van der Waals surface area contributed by atoms with Gasteiger partial charge in [0.15, 0.2) is 9.84 Å². The number of rotatable bonds is 3. The van der Waals surface area contributed by atoms with Crippen LogP contribution in [0.15, 0.2) is 17.2 Å². The zero-order valence-electron chi connectivity index (χ0n) is 13.1. The van der Waals surface area contributed by atoms with E-state index in [4.69, 9.17) is 14.0 Å². The van der Waals surface area contributed by atoms with E-state index in [2.05, 4.69) is 4.98 Å². The summed E-state index contributed by atoms with van der Waals surface area (Å²) in [5, 5.41) is 0. The molecule has 0 bridgehead atoms. The van der Waals surface area contributed by atoms with E-state index < -0.39 is 28.2 Å². The predicted molar refractivity (Wildman–Crippen MR) is 79.6 cm³/mol. The fourth-order valence-corrected chi connectivity index (χ4v) is 2.78. The Labute approximate surface area is 125 Å². The average Bonchev–Trinajstić information content (AvgIpc) is 2.56. The van der Waals surface area contributed by atoms with Crippen LogP contribution >= 0.6 is 0 Å². The Hall–Kier alpha value is -1.12. The highest BCUT2D eigenvalue weighted by Crippen LogP contribution is 2.36. The molecule has 6 nitrogen and oxygen atoms in total. The van der Waals surface area contributed by atoms with Crippen LogP contribution < -0.4 is 10.2 Å². The molecule has 1 aromatic rings. The predicted octanol–water partition coefficient (Wildman–Crippen LogP) is 0.793. The van der Waals surface area contributed by atoms with Crippen molar-refractivity contribution in [2.75, 3.05) is 13.4 Å². The molecule has 0 radical (unpaired) electrons. The van der Waals surface area contributed by atoms with E-state index in [1.807, 2.05) is 27.7 Å². The first-order valence-corrected chi connectivity index (χ1v) is 8.47. The molecule has 2 rings (SSSR count). The monoisotopic (exact) mass is 313 g/mol. The van der Waals surface area contributed by atoms with Crippen LogP contribution in [0, 0.1) is 0 Å². The first-order valence-electron chi connectivity index (χ1n) is 6.57. The van der Waals surface area contributed by atoms with E-state index >= 15 is 0 Å². The molecule has 0 N–H and O–H groups in total. The topological polar surface area (TPSA) is 74.7 Å². The summed E-state index contributed by atoms with van der Waals surface area (Å²) in [6.07, 6.45) is 2.62. The molecule has 1 aliphatic heterocycles. The second-order valence-electron chi connectivity index (χ2n) is 6.14. The number of ether oxygens (including phenoxy) is 1. The van der Waals surface area contributed by atoms with Gasteiger partial charge in [0.2, 0.25) is 5.88 Å². The summed E-state index contributed by atoms with van der Waals surface area (Å²) in [5.41, 5.74) is -0.444. The highest BCUT2D eigenvalue weighted by atomic mass is 32.2. The van der Waals surface area contributed by atoms with Gasteiger partial charge >= 0.3 is 7.12 Å². The molecular formula is C13H20BNO5S. The molecule has 1 saturated heterocycles. The summed E-state index contributed by atoms with van der Waals surface area (Å²) >= 11 is 0. The van der Waals surface area contributed by atoms with E-state index in [9.17, 15) is 8.42 Å². The number of hydrogen-bond acceptors (Lipinski definition) is 6. The molecular weight excluding hydrogens is 293 g/mol. The van der Waals surface area contributed by atoms with Crippen LogP contribution in [0.5, 0.6) is 5.88 Å². The molecule has 0 atom stereocenters. The lowest BCUT2D eigenvalue weighted by Crippen LogP contribution is -2.41. The van der Waals surface area contributed by atoms with Gasteiger partial charge in [-0.1, -0.05) is 0 Å². The lowest BCUT2D eigenvalue weighted by Gasteiger charge is -2.32. The normalized spacial score (nSPS) is 20.6. The van der Waals surface area contributed by atoms with Crippen molar-refractivity contribution in [3.63, 3.8) is 0 Å². The largest absolute Gasteiger partial charge is 0.496 e. The number of hydrogen-bond donors (Lipinski definition) is 0. The quantitative estimate of drug-likeness (QED) is 0.768. The Kier molecular flexibility index (Phi) is 3.84. The molecule has 0 unspecified atom stereocenters. The van der Waals surface area contributed by atoms with Crippen LogP contribution in [0.3, 0.4) is 0 Å². The van der Waals surface area contributed by atoms with Crippen molar-refractivity contribution in [3.8, 4) is 5.88 Å². The van der Waals surface area contributed by atoms with Crippen LogP contribution in [-0.2, 0) is 19.1 Å². The number of pyridine rings is 1. The zero-order valence-corrected chi connectivity index (χ0v) is 13.9. The molecule has 0 saturated carbocycles. The van der Waals surface area contributed by atoms with Crippen LogP contribution in [0.25, 0.3) is 0 Å². The molecule has 0 aliphatic carbocycles. The second kappa shape index (κ2) is 4.96. The summed E-state index contributed by atoms with van der Waals surface area (Å²) in [7, 11) is -2.73. The number of sulfone groups is 1. The molecule has 21 heavy (non-hydrogen) atoms. The van der Waals surface area contributed by atoms with Crippen molar-refractivity contribution in [1.29, 1.82) is 0 Å². The van der Waals surface area contributed by atoms with Gasteiger partial charge in [0, 0.05) is 17.9 Å². The Balaban J connectivity index is 2.44. The molecule has 0 aromatic carbocycles. The van der Waals surface area contributed by atoms with E-state index in [1.165, 1.54) is 19.4 Å².